The van der Waals surface area contributed by atoms with Gasteiger partial charge in [-0.25, -0.2) is 9.78 Å². The molecular weight excluding hydrogens is 356 g/mol. The number of carbonyl (C=O) groups excluding carboxylic acids is 2. The number of nitriles is 1. The maximum absolute atomic E-state index is 12.1. The Morgan fingerprint density at radius 2 is 2.27 bits per heavy atom. The lowest BCUT2D eigenvalue weighted by atomic mass is 10.1. The number of rotatable bonds is 3. The fourth-order valence-corrected chi connectivity index (χ4v) is 3.40. The molecule has 0 spiro atoms. The van der Waals surface area contributed by atoms with Gasteiger partial charge in [0.25, 0.3) is 0 Å². The molecule has 1 N–H and O–H groups in total. The van der Waals surface area contributed by atoms with Crippen molar-refractivity contribution in [2.24, 2.45) is 11.8 Å². The van der Waals surface area contributed by atoms with Gasteiger partial charge < -0.3 is 10.1 Å². The van der Waals surface area contributed by atoms with Gasteiger partial charge in [0.2, 0.25) is 5.91 Å². The highest BCUT2D eigenvalue weighted by atomic mass is 35.5. The van der Waals surface area contributed by atoms with E-state index in [1.54, 1.807) is 23.2 Å². The summed E-state index contributed by atoms with van der Waals surface area (Å²) >= 11 is 6.35. The number of pyridine rings is 1. The Labute approximate surface area is 154 Å². The van der Waals surface area contributed by atoms with Gasteiger partial charge in [0, 0.05) is 17.3 Å². The minimum atomic E-state index is -0.410. The second kappa shape index (κ2) is 6.15. The highest BCUT2D eigenvalue weighted by Gasteiger charge is 2.43. The van der Waals surface area contributed by atoms with Crippen LogP contribution in [0.25, 0.3) is 10.8 Å². The maximum atomic E-state index is 12.1. The number of cyclic esters (lactones) is 1. The SMILES string of the molecule is C[C@H]1COC(=O)N1c1cc(Cl)c2cnc(NC(=O)[C@@H]3CC3C#N)cc2c1. The van der Waals surface area contributed by atoms with Crippen LogP contribution in [0, 0.1) is 23.2 Å². The third-order valence-electron chi connectivity index (χ3n) is 4.68. The Kier molecular flexibility index (Phi) is 3.93. The fraction of sp³-hybridized carbons (Fsp3) is 0.333. The number of nitrogens with one attached hydrogen (secondary N) is 1. The van der Waals surface area contributed by atoms with Gasteiger partial charge in [0.1, 0.15) is 12.4 Å². The number of ether oxygens (including phenoxy) is 1. The van der Waals surface area contributed by atoms with Gasteiger partial charge in [-0.2, -0.15) is 5.26 Å². The second-order valence-corrected chi connectivity index (χ2v) is 6.99. The first-order valence-electron chi connectivity index (χ1n) is 8.23. The van der Waals surface area contributed by atoms with Gasteiger partial charge in [-0.05, 0) is 36.9 Å². The first kappa shape index (κ1) is 16.6. The molecule has 132 valence electrons. The van der Waals surface area contributed by atoms with Crippen molar-refractivity contribution in [3.05, 3.63) is 29.4 Å². The molecular formula is C18H15ClN4O3. The van der Waals surface area contributed by atoms with Crippen LogP contribution in [0.1, 0.15) is 13.3 Å². The molecule has 1 aliphatic heterocycles. The van der Waals surface area contributed by atoms with Gasteiger partial charge in [-0.15, -0.1) is 0 Å². The summed E-state index contributed by atoms with van der Waals surface area (Å²) in [6.07, 6.45) is 1.75. The molecule has 2 fully saturated rings. The molecule has 2 aliphatic rings. The van der Waals surface area contributed by atoms with Gasteiger partial charge >= 0.3 is 6.09 Å². The molecule has 1 unspecified atom stereocenters. The molecule has 1 aromatic heterocycles. The fourth-order valence-electron chi connectivity index (χ4n) is 3.13. The molecule has 1 aliphatic carbocycles. The Bertz CT molecular complexity index is 971. The van der Waals surface area contributed by atoms with Crippen LogP contribution in [-0.2, 0) is 9.53 Å². The van der Waals surface area contributed by atoms with E-state index in [0.29, 0.717) is 29.6 Å². The number of benzene rings is 1. The molecule has 1 aromatic carbocycles. The van der Waals surface area contributed by atoms with Crippen LogP contribution in [0.15, 0.2) is 24.4 Å². The van der Waals surface area contributed by atoms with Crippen LogP contribution >= 0.6 is 11.6 Å². The number of anilines is 2. The van der Waals surface area contributed by atoms with E-state index in [4.69, 9.17) is 21.6 Å². The molecule has 2 aromatic rings. The molecule has 1 saturated heterocycles. The number of aromatic nitrogens is 1. The number of hydrogen-bond acceptors (Lipinski definition) is 5. The lowest BCUT2D eigenvalue weighted by molar-refractivity contribution is -0.117. The number of nitrogens with zero attached hydrogens (tertiary/aromatic N) is 3. The number of hydrogen-bond donors (Lipinski definition) is 1. The number of carbonyl (C=O) groups is 2. The van der Waals surface area contributed by atoms with E-state index in [0.717, 1.165) is 10.8 Å². The second-order valence-electron chi connectivity index (χ2n) is 6.58. The number of fused-ring (bicyclic) bond motifs is 1. The average Bonchev–Trinajstić information content (AvgIpc) is 3.33. The van der Waals surface area contributed by atoms with Gasteiger partial charge in [0.15, 0.2) is 0 Å². The molecule has 0 radical (unpaired) electrons. The maximum Gasteiger partial charge on any atom is 0.414 e. The Hall–Kier alpha value is -2.85. The summed E-state index contributed by atoms with van der Waals surface area (Å²) in [6.45, 7) is 2.22. The molecule has 7 nitrogen and oxygen atoms in total. The summed E-state index contributed by atoms with van der Waals surface area (Å²) in [5.74, 6) is -0.300. The highest BCUT2D eigenvalue weighted by Crippen LogP contribution is 2.39. The van der Waals surface area contributed by atoms with Crippen LogP contribution < -0.4 is 10.2 Å². The van der Waals surface area contributed by atoms with Crippen molar-refractivity contribution in [3.63, 3.8) is 0 Å². The van der Waals surface area contributed by atoms with E-state index in [-0.39, 0.29) is 23.8 Å². The molecule has 26 heavy (non-hydrogen) atoms. The summed E-state index contributed by atoms with van der Waals surface area (Å²) in [7, 11) is 0. The van der Waals surface area contributed by atoms with E-state index >= 15 is 0 Å². The topological polar surface area (TPSA) is 95.3 Å². The predicted molar refractivity (Wildman–Crippen MR) is 95.9 cm³/mol. The first-order chi connectivity index (χ1) is 12.5. The van der Waals surface area contributed by atoms with Crippen molar-refractivity contribution in [3.8, 4) is 6.07 Å². The van der Waals surface area contributed by atoms with Gasteiger partial charge in [-0.1, -0.05) is 11.6 Å². The Morgan fingerprint density at radius 3 is 2.92 bits per heavy atom. The van der Waals surface area contributed by atoms with Crippen molar-refractivity contribution >= 4 is 45.9 Å². The average molecular weight is 371 g/mol. The highest BCUT2D eigenvalue weighted by molar-refractivity contribution is 6.36. The Morgan fingerprint density at radius 1 is 1.46 bits per heavy atom. The van der Waals surface area contributed by atoms with Crippen molar-refractivity contribution in [1.29, 1.82) is 5.26 Å². The van der Waals surface area contributed by atoms with Crippen LogP contribution in [-0.4, -0.2) is 29.6 Å². The first-order valence-corrected chi connectivity index (χ1v) is 8.61. The van der Waals surface area contributed by atoms with Crippen molar-refractivity contribution in [2.45, 2.75) is 19.4 Å². The van der Waals surface area contributed by atoms with Crippen LogP contribution in [0.3, 0.4) is 0 Å². The van der Waals surface area contributed by atoms with Gasteiger partial charge in [0.05, 0.1) is 29.0 Å². The van der Waals surface area contributed by atoms with E-state index < -0.39 is 6.09 Å². The van der Waals surface area contributed by atoms with E-state index in [1.165, 1.54) is 0 Å². The molecule has 8 heteroatoms. The van der Waals surface area contributed by atoms with Crippen molar-refractivity contribution in [2.75, 3.05) is 16.8 Å². The monoisotopic (exact) mass is 370 g/mol. The van der Waals surface area contributed by atoms with Crippen LogP contribution in [0.2, 0.25) is 5.02 Å². The van der Waals surface area contributed by atoms with E-state index in [1.807, 2.05) is 13.0 Å². The Balaban J connectivity index is 1.65. The molecule has 4 rings (SSSR count). The zero-order valence-corrected chi connectivity index (χ0v) is 14.7. The summed E-state index contributed by atoms with van der Waals surface area (Å²) in [4.78, 5) is 29.8. The van der Waals surface area contributed by atoms with Crippen molar-refractivity contribution in [1.82, 2.24) is 4.98 Å². The smallest absolute Gasteiger partial charge is 0.414 e. The quantitative estimate of drug-likeness (QED) is 0.894. The minimum Gasteiger partial charge on any atom is -0.447 e. The predicted octanol–water partition coefficient (Wildman–Crippen LogP) is 3.33. The molecule has 2 amide bonds. The largest absolute Gasteiger partial charge is 0.447 e. The molecule has 0 bridgehead atoms. The molecule has 2 heterocycles. The van der Waals surface area contributed by atoms with Gasteiger partial charge in [-0.3, -0.25) is 9.69 Å². The third-order valence-corrected chi connectivity index (χ3v) is 4.99. The standard InChI is InChI=1S/C18H15ClN4O3/c1-9-8-26-18(25)23(9)12-2-10-4-16(21-7-14(10)15(19)5-12)22-17(24)13-3-11(13)6-20/h2,4-5,7,9,11,13H,3,8H2,1H3,(H,21,22,24)/t9-,11?,13+/m0/s1. The van der Waals surface area contributed by atoms with E-state index in [2.05, 4.69) is 16.4 Å². The lowest BCUT2D eigenvalue weighted by Gasteiger charge is -2.19. The summed E-state index contributed by atoms with van der Waals surface area (Å²) in [6, 6.07) is 7.23. The minimum absolute atomic E-state index is 0.0881. The summed E-state index contributed by atoms with van der Waals surface area (Å²) in [5.41, 5.74) is 0.632. The lowest BCUT2D eigenvalue weighted by Crippen LogP contribution is -2.30. The molecule has 3 atom stereocenters. The normalized spacial score (nSPS) is 24.3. The summed E-state index contributed by atoms with van der Waals surface area (Å²) in [5, 5.41) is 13.5. The van der Waals surface area contributed by atoms with E-state index in [9.17, 15) is 9.59 Å². The van der Waals surface area contributed by atoms with Crippen LogP contribution in [0.5, 0.6) is 0 Å². The number of halogens is 1. The molecule has 1 saturated carbocycles. The zero-order valence-electron chi connectivity index (χ0n) is 13.9. The van der Waals surface area contributed by atoms with Crippen LogP contribution in [0.4, 0.5) is 16.3 Å². The third kappa shape index (κ3) is 2.82. The number of amides is 2. The zero-order chi connectivity index (χ0) is 18.4. The summed E-state index contributed by atoms with van der Waals surface area (Å²) < 4.78 is 5.06. The van der Waals surface area contributed by atoms with Crippen molar-refractivity contribution < 1.29 is 14.3 Å².